The minimum Gasteiger partial charge on any atom is -0.388 e. The molecule has 1 aliphatic rings. The number of ether oxygens (including phenoxy) is 2. The molecule has 106 valence electrons. The molecule has 1 heterocycles. The van der Waals surface area contributed by atoms with E-state index in [9.17, 15) is 23.1 Å². The third-order valence-electron chi connectivity index (χ3n) is 2.97. The Hall–Kier alpha value is -0.860. The first kappa shape index (κ1) is 15.2. The van der Waals surface area contributed by atoms with Crippen molar-refractivity contribution in [1.29, 1.82) is 0 Å². The van der Waals surface area contributed by atoms with Crippen LogP contribution in [0, 0.1) is 0 Å². The zero-order valence-corrected chi connectivity index (χ0v) is 10.2. The van der Waals surface area contributed by atoms with E-state index in [4.69, 9.17) is 9.47 Å². The number of nitrogens with one attached hydrogen (secondary N) is 1. The van der Waals surface area contributed by atoms with Gasteiger partial charge in [0.2, 0.25) is 0 Å². The molecule has 1 aliphatic heterocycles. The van der Waals surface area contributed by atoms with E-state index in [1.807, 2.05) is 0 Å². The van der Waals surface area contributed by atoms with Crippen LogP contribution in [0.3, 0.4) is 0 Å². The summed E-state index contributed by atoms with van der Waals surface area (Å²) < 4.78 is 46.8. The van der Waals surface area contributed by atoms with Crippen molar-refractivity contribution in [2.75, 3.05) is 7.11 Å². The van der Waals surface area contributed by atoms with Gasteiger partial charge in [-0.05, 0) is 13.8 Å². The van der Waals surface area contributed by atoms with Crippen LogP contribution in [0.25, 0.3) is 0 Å². The predicted molar refractivity (Wildman–Crippen MR) is 54.6 cm³/mol. The first-order valence-electron chi connectivity index (χ1n) is 5.36. The maximum Gasteiger partial charge on any atom is 0.471 e. The number of hydrogen-bond donors (Lipinski definition) is 2. The summed E-state index contributed by atoms with van der Waals surface area (Å²) in [5, 5.41) is 11.7. The van der Waals surface area contributed by atoms with Crippen LogP contribution < -0.4 is 5.32 Å². The lowest BCUT2D eigenvalue weighted by Gasteiger charge is -2.45. The lowest BCUT2D eigenvalue weighted by Crippen LogP contribution is -2.65. The molecular weight excluding hydrogens is 255 g/mol. The molecule has 1 saturated heterocycles. The highest BCUT2D eigenvalue weighted by Gasteiger charge is 2.49. The number of carbonyl (C=O) groups is 1. The number of aliphatic hydroxyl groups is 1. The third-order valence-corrected chi connectivity index (χ3v) is 2.97. The van der Waals surface area contributed by atoms with Crippen LogP contribution in [0.1, 0.15) is 20.3 Å². The molecule has 0 aliphatic carbocycles. The Balaban J connectivity index is 2.84. The van der Waals surface area contributed by atoms with Crippen LogP contribution in [0.15, 0.2) is 0 Å². The summed E-state index contributed by atoms with van der Waals surface area (Å²) in [5.41, 5.74) is -1.45. The second kappa shape index (κ2) is 5.02. The molecule has 0 aromatic rings. The van der Waals surface area contributed by atoms with E-state index in [0.29, 0.717) is 0 Å². The summed E-state index contributed by atoms with van der Waals surface area (Å²) in [5.74, 6) is -2.09. The first-order valence-corrected chi connectivity index (χ1v) is 5.36. The molecule has 1 fully saturated rings. The highest BCUT2D eigenvalue weighted by molar-refractivity contribution is 5.82. The number of rotatable bonds is 2. The van der Waals surface area contributed by atoms with Gasteiger partial charge in [0, 0.05) is 13.5 Å². The Morgan fingerprint density at radius 3 is 2.56 bits per heavy atom. The molecule has 18 heavy (non-hydrogen) atoms. The molecule has 4 atom stereocenters. The summed E-state index contributed by atoms with van der Waals surface area (Å²) in [4.78, 5) is 11.0. The van der Waals surface area contributed by atoms with Gasteiger partial charge in [0.1, 0.15) is 6.10 Å². The Morgan fingerprint density at radius 1 is 1.56 bits per heavy atom. The maximum absolute atomic E-state index is 12.2. The van der Waals surface area contributed by atoms with Crippen molar-refractivity contribution < 1.29 is 32.5 Å². The fraction of sp³-hybridized carbons (Fsp3) is 0.900. The van der Waals surface area contributed by atoms with Gasteiger partial charge in [-0.15, -0.1) is 0 Å². The number of halogens is 3. The SMILES string of the molecule is CO[C@H]1C[C@@](C)(NC(=O)C(F)(F)F)[C@@H](O)[C@H](C)O1. The second-order valence-electron chi connectivity index (χ2n) is 4.52. The molecule has 0 aromatic carbocycles. The summed E-state index contributed by atoms with van der Waals surface area (Å²) in [7, 11) is 1.33. The molecule has 5 nitrogen and oxygen atoms in total. The van der Waals surface area contributed by atoms with Crippen molar-refractivity contribution in [3.8, 4) is 0 Å². The van der Waals surface area contributed by atoms with Crippen molar-refractivity contribution in [2.45, 2.75) is 50.5 Å². The zero-order chi connectivity index (χ0) is 14.1. The van der Waals surface area contributed by atoms with E-state index in [2.05, 4.69) is 0 Å². The summed E-state index contributed by atoms with van der Waals surface area (Å²) in [6.07, 6.45) is -7.84. The van der Waals surface area contributed by atoms with Crippen molar-refractivity contribution >= 4 is 5.91 Å². The van der Waals surface area contributed by atoms with Crippen molar-refractivity contribution in [3.63, 3.8) is 0 Å². The number of methoxy groups -OCH3 is 1. The molecule has 2 N–H and O–H groups in total. The van der Waals surface area contributed by atoms with Gasteiger partial charge in [-0.25, -0.2) is 0 Å². The molecule has 0 unspecified atom stereocenters. The monoisotopic (exact) mass is 271 g/mol. The van der Waals surface area contributed by atoms with Gasteiger partial charge >= 0.3 is 12.1 Å². The van der Waals surface area contributed by atoms with Gasteiger partial charge in [-0.3, -0.25) is 4.79 Å². The smallest absolute Gasteiger partial charge is 0.388 e. The lowest BCUT2D eigenvalue weighted by molar-refractivity contribution is -0.234. The number of alkyl halides is 3. The second-order valence-corrected chi connectivity index (χ2v) is 4.52. The molecule has 0 aromatic heterocycles. The van der Waals surface area contributed by atoms with Crippen molar-refractivity contribution in [1.82, 2.24) is 5.32 Å². The minimum atomic E-state index is -4.99. The maximum atomic E-state index is 12.2. The number of amides is 1. The standard InChI is InChI=1S/C10H16F3NO4/c1-5-7(15)9(2,4-6(17-3)18-5)14-8(16)10(11,12)13/h5-7,15H,4H2,1-3H3,(H,14,16)/t5-,6+,7-,9+/m0/s1. The largest absolute Gasteiger partial charge is 0.471 e. The van der Waals surface area contributed by atoms with E-state index in [0.717, 1.165) is 0 Å². The highest BCUT2D eigenvalue weighted by Crippen LogP contribution is 2.30. The normalized spacial score (nSPS) is 37.4. The highest BCUT2D eigenvalue weighted by atomic mass is 19.4. The minimum absolute atomic E-state index is 0.0726. The molecular formula is C10H16F3NO4. The van der Waals surface area contributed by atoms with E-state index in [-0.39, 0.29) is 6.42 Å². The Bertz CT molecular complexity index is 323. The van der Waals surface area contributed by atoms with Gasteiger partial charge in [0.15, 0.2) is 6.29 Å². The molecule has 0 bridgehead atoms. The zero-order valence-electron chi connectivity index (χ0n) is 10.2. The number of aliphatic hydroxyl groups excluding tert-OH is 1. The molecule has 8 heteroatoms. The lowest BCUT2D eigenvalue weighted by atomic mass is 9.85. The van der Waals surface area contributed by atoms with Gasteiger partial charge in [0.25, 0.3) is 0 Å². The molecule has 0 saturated carbocycles. The van der Waals surface area contributed by atoms with Crippen LogP contribution in [0.4, 0.5) is 13.2 Å². The van der Waals surface area contributed by atoms with Crippen molar-refractivity contribution in [3.05, 3.63) is 0 Å². The third kappa shape index (κ3) is 3.12. The van der Waals surface area contributed by atoms with Crippen LogP contribution >= 0.6 is 0 Å². The fourth-order valence-electron chi connectivity index (χ4n) is 1.94. The van der Waals surface area contributed by atoms with Gasteiger partial charge in [-0.1, -0.05) is 0 Å². The summed E-state index contributed by atoms with van der Waals surface area (Å²) in [6.45, 7) is 2.82. The van der Waals surface area contributed by atoms with Gasteiger partial charge in [-0.2, -0.15) is 13.2 Å². The van der Waals surface area contributed by atoms with E-state index in [1.54, 1.807) is 5.32 Å². The quantitative estimate of drug-likeness (QED) is 0.770. The molecule has 0 spiro atoms. The van der Waals surface area contributed by atoms with Crippen molar-refractivity contribution in [2.24, 2.45) is 0 Å². The Kier molecular flexibility index (Phi) is 4.24. The van der Waals surface area contributed by atoms with Gasteiger partial charge < -0.3 is 19.9 Å². The fourth-order valence-corrected chi connectivity index (χ4v) is 1.94. The topological polar surface area (TPSA) is 67.8 Å². The Morgan fingerprint density at radius 2 is 2.11 bits per heavy atom. The van der Waals surface area contributed by atoms with Gasteiger partial charge in [0.05, 0.1) is 11.6 Å². The van der Waals surface area contributed by atoms with Crippen LogP contribution in [0.2, 0.25) is 0 Å². The van der Waals surface area contributed by atoms with E-state index >= 15 is 0 Å². The molecule has 1 amide bonds. The number of hydrogen-bond acceptors (Lipinski definition) is 4. The van der Waals surface area contributed by atoms with E-state index in [1.165, 1.54) is 21.0 Å². The van der Waals surface area contributed by atoms with Crippen LogP contribution in [-0.4, -0.2) is 48.3 Å². The molecule has 1 rings (SSSR count). The van der Waals surface area contributed by atoms with E-state index < -0.39 is 36.1 Å². The van der Waals surface area contributed by atoms with Crippen LogP contribution in [0.5, 0.6) is 0 Å². The summed E-state index contributed by atoms with van der Waals surface area (Å²) in [6, 6.07) is 0. The summed E-state index contributed by atoms with van der Waals surface area (Å²) >= 11 is 0. The average Bonchev–Trinajstić information content (AvgIpc) is 2.24. The average molecular weight is 271 g/mol. The number of carbonyl (C=O) groups excluding carboxylic acids is 1. The van der Waals surface area contributed by atoms with Crippen LogP contribution in [-0.2, 0) is 14.3 Å². The Labute approximate surface area is 102 Å². The first-order chi connectivity index (χ1) is 8.10. The predicted octanol–water partition coefficient (Wildman–Crippen LogP) is 0.566. The molecule has 0 radical (unpaired) electrons.